The largest absolute Gasteiger partial charge is 0.503 e. The summed E-state index contributed by atoms with van der Waals surface area (Å²) in [5, 5.41) is 12.6. The summed E-state index contributed by atoms with van der Waals surface area (Å²) >= 11 is 0. The molecule has 1 fully saturated rings. The minimum Gasteiger partial charge on any atom is -0.503 e. The van der Waals surface area contributed by atoms with Crippen LogP contribution in [0.2, 0.25) is 0 Å². The van der Waals surface area contributed by atoms with E-state index >= 15 is 0 Å². The topological polar surface area (TPSA) is 97.6 Å². The van der Waals surface area contributed by atoms with E-state index in [0.29, 0.717) is 31.6 Å². The van der Waals surface area contributed by atoms with Gasteiger partial charge in [-0.15, -0.1) is 0 Å². The van der Waals surface area contributed by atoms with E-state index in [4.69, 9.17) is 4.74 Å². The van der Waals surface area contributed by atoms with Gasteiger partial charge in [-0.2, -0.15) is 0 Å². The van der Waals surface area contributed by atoms with Gasteiger partial charge >= 0.3 is 0 Å². The summed E-state index contributed by atoms with van der Waals surface area (Å²) in [7, 11) is 0. The van der Waals surface area contributed by atoms with Crippen molar-refractivity contribution >= 4 is 11.7 Å². The van der Waals surface area contributed by atoms with Crippen molar-refractivity contribution in [1.29, 1.82) is 0 Å². The molecule has 1 aromatic carbocycles. The molecule has 164 valence electrons. The molecule has 4 rings (SSSR count). The lowest BCUT2D eigenvalue weighted by molar-refractivity contribution is -0.0740. The van der Waals surface area contributed by atoms with Crippen molar-refractivity contribution in [2.75, 3.05) is 6.61 Å². The molecule has 2 aliphatic rings. The smallest absolute Gasteiger partial charge is 0.257 e. The number of benzene rings is 1. The lowest BCUT2D eigenvalue weighted by atomic mass is 9.71. The van der Waals surface area contributed by atoms with Crippen LogP contribution in [0, 0.1) is 22.9 Å². The van der Waals surface area contributed by atoms with Crippen molar-refractivity contribution < 1.29 is 32.6 Å². The quantitative estimate of drug-likeness (QED) is 0.770. The molecule has 2 N–H and O–H groups in total. The Morgan fingerprint density at radius 1 is 1.29 bits per heavy atom. The predicted molar refractivity (Wildman–Crippen MR) is 101 cm³/mol. The van der Waals surface area contributed by atoms with E-state index in [1.807, 2.05) is 0 Å². The first kappa shape index (κ1) is 21.1. The molecule has 31 heavy (non-hydrogen) atoms. The Labute approximate surface area is 174 Å². The highest BCUT2D eigenvalue weighted by Gasteiger charge is 2.49. The van der Waals surface area contributed by atoms with Gasteiger partial charge in [-0.3, -0.25) is 14.4 Å². The van der Waals surface area contributed by atoms with E-state index in [9.17, 15) is 32.7 Å². The first-order chi connectivity index (χ1) is 14.6. The third kappa shape index (κ3) is 3.40. The number of aromatic nitrogens is 1. The SMILES string of the molecule is C[C@@]12CCCO[C@@H]1Cn1cc(C(=O)NCc3c(F)cc(F)cc3F)c(=O)c(O)c1C2=O. The van der Waals surface area contributed by atoms with Gasteiger partial charge in [0.15, 0.2) is 11.5 Å². The lowest BCUT2D eigenvalue weighted by Crippen LogP contribution is -2.52. The Morgan fingerprint density at radius 3 is 2.65 bits per heavy atom. The molecular formula is C21H19F3N2O5. The maximum absolute atomic E-state index is 13.8. The minimum atomic E-state index is -1.19. The molecule has 1 saturated heterocycles. The summed E-state index contributed by atoms with van der Waals surface area (Å²) in [5.41, 5.74) is -3.24. The van der Waals surface area contributed by atoms with Crippen LogP contribution in [0.1, 0.15) is 46.2 Å². The van der Waals surface area contributed by atoms with Gasteiger partial charge in [0, 0.05) is 37.0 Å². The lowest BCUT2D eigenvalue weighted by Gasteiger charge is -2.44. The number of ether oxygens (including phenoxy) is 1. The number of rotatable bonds is 3. The van der Waals surface area contributed by atoms with Crippen LogP contribution in [0.4, 0.5) is 13.2 Å². The molecule has 2 aromatic rings. The minimum absolute atomic E-state index is 0.146. The van der Waals surface area contributed by atoms with Crippen LogP contribution >= 0.6 is 0 Å². The van der Waals surface area contributed by atoms with E-state index in [2.05, 4.69) is 5.32 Å². The number of amides is 1. The third-order valence-electron chi connectivity index (χ3n) is 6.00. The van der Waals surface area contributed by atoms with Crippen LogP contribution in [0.25, 0.3) is 0 Å². The van der Waals surface area contributed by atoms with Gasteiger partial charge in [-0.05, 0) is 19.8 Å². The highest BCUT2D eigenvalue weighted by Crippen LogP contribution is 2.42. The molecular weight excluding hydrogens is 417 g/mol. The van der Waals surface area contributed by atoms with Gasteiger partial charge in [-0.25, -0.2) is 13.2 Å². The molecule has 0 spiro atoms. The zero-order valence-electron chi connectivity index (χ0n) is 16.5. The Hall–Kier alpha value is -3.14. The Bertz CT molecular complexity index is 1140. The van der Waals surface area contributed by atoms with Crippen molar-refractivity contribution in [3.05, 3.63) is 62.8 Å². The number of Topliss-reactive ketones (excluding diaryl/α,β-unsaturated/α-hetero) is 1. The second kappa shape index (κ2) is 7.52. The monoisotopic (exact) mass is 436 g/mol. The van der Waals surface area contributed by atoms with E-state index in [-0.39, 0.29) is 12.2 Å². The predicted octanol–water partition coefficient (Wildman–Crippen LogP) is 2.28. The first-order valence-corrected chi connectivity index (χ1v) is 9.68. The molecule has 2 atom stereocenters. The van der Waals surface area contributed by atoms with Crippen LogP contribution in [0.15, 0.2) is 23.1 Å². The molecule has 7 nitrogen and oxygen atoms in total. The molecule has 0 bridgehead atoms. The number of fused-ring (bicyclic) bond motifs is 2. The average Bonchev–Trinajstić information content (AvgIpc) is 2.70. The number of carbonyl (C=O) groups is 2. The zero-order chi connectivity index (χ0) is 22.5. The summed E-state index contributed by atoms with van der Waals surface area (Å²) in [4.78, 5) is 38.1. The average molecular weight is 436 g/mol. The molecule has 0 unspecified atom stereocenters. The fraction of sp³-hybridized carbons (Fsp3) is 0.381. The standard InChI is InChI=1S/C21H19F3N2O5/c1-21-3-2-4-31-15(21)9-26-8-12(17(27)18(28)16(26)19(21)29)20(30)25-7-11-13(23)5-10(22)6-14(11)24/h5-6,8,15,28H,2-4,7,9H2,1H3,(H,25,30)/t15-,21-/m1/s1. The Morgan fingerprint density at radius 2 is 1.97 bits per heavy atom. The number of ketones is 1. The summed E-state index contributed by atoms with van der Waals surface area (Å²) in [6.07, 6.45) is 1.85. The van der Waals surface area contributed by atoms with Crippen molar-refractivity contribution in [2.45, 2.75) is 39.0 Å². The number of pyridine rings is 1. The van der Waals surface area contributed by atoms with Gasteiger partial charge in [0.1, 0.15) is 28.7 Å². The number of nitrogens with zero attached hydrogens (tertiary/aromatic N) is 1. The van der Waals surface area contributed by atoms with E-state index in [1.54, 1.807) is 6.92 Å². The molecule has 1 aromatic heterocycles. The van der Waals surface area contributed by atoms with Gasteiger partial charge < -0.3 is 19.7 Å². The number of hydrogen-bond donors (Lipinski definition) is 2. The Balaban J connectivity index is 1.65. The molecule has 1 amide bonds. The summed E-state index contributed by atoms with van der Waals surface area (Å²) in [6.45, 7) is 1.69. The highest BCUT2D eigenvalue weighted by molar-refractivity contribution is 6.03. The third-order valence-corrected chi connectivity index (χ3v) is 6.00. The fourth-order valence-electron chi connectivity index (χ4n) is 4.17. The van der Waals surface area contributed by atoms with Crippen LogP contribution in [-0.2, 0) is 17.8 Å². The summed E-state index contributed by atoms with van der Waals surface area (Å²) < 4.78 is 47.6. The first-order valence-electron chi connectivity index (χ1n) is 9.68. The molecule has 0 radical (unpaired) electrons. The van der Waals surface area contributed by atoms with Crippen molar-refractivity contribution in [3.8, 4) is 5.75 Å². The highest BCUT2D eigenvalue weighted by atomic mass is 19.1. The number of hydrogen-bond acceptors (Lipinski definition) is 5. The maximum atomic E-state index is 13.8. The number of nitrogens with one attached hydrogen (secondary N) is 1. The maximum Gasteiger partial charge on any atom is 0.257 e. The van der Waals surface area contributed by atoms with E-state index in [1.165, 1.54) is 4.57 Å². The number of halogens is 3. The number of aromatic hydroxyl groups is 1. The second-order valence-corrected chi connectivity index (χ2v) is 7.96. The second-order valence-electron chi connectivity index (χ2n) is 7.96. The molecule has 3 heterocycles. The van der Waals surface area contributed by atoms with Gasteiger partial charge in [0.25, 0.3) is 5.91 Å². The normalized spacial score (nSPS) is 22.6. The van der Waals surface area contributed by atoms with E-state index < -0.39 is 69.5 Å². The van der Waals surface area contributed by atoms with Crippen molar-refractivity contribution in [1.82, 2.24) is 9.88 Å². The van der Waals surface area contributed by atoms with E-state index in [0.717, 1.165) is 6.20 Å². The molecule has 2 aliphatic heterocycles. The zero-order valence-corrected chi connectivity index (χ0v) is 16.5. The van der Waals surface area contributed by atoms with Crippen LogP contribution in [0.5, 0.6) is 5.75 Å². The van der Waals surface area contributed by atoms with Gasteiger partial charge in [-0.1, -0.05) is 0 Å². The van der Waals surface area contributed by atoms with Gasteiger partial charge in [0.05, 0.1) is 18.1 Å². The molecule has 10 heteroatoms. The van der Waals surface area contributed by atoms with Crippen molar-refractivity contribution in [3.63, 3.8) is 0 Å². The number of carbonyl (C=O) groups excluding carboxylic acids is 2. The van der Waals surface area contributed by atoms with Crippen LogP contribution in [-0.4, -0.2) is 34.1 Å². The summed E-state index contributed by atoms with van der Waals surface area (Å²) in [6, 6.07) is 0.938. The molecule has 0 saturated carbocycles. The fourth-order valence-corrected chi connectivity index (χ4v) is 4.17. The van der Waals surface area contributed by atoms with Crippen LogP contribution in [0.3, 0.4) is 0 Å². The summed E-state index contributed by atoms with van der Waals surface area (Å²) in [5.74, 6) is -5.81. The Kier molecular flexibility index (Phi) is 5.12. The van der Waals surface area contributed by atoms with Gasteiger partial charge in [0.2, 0.25) is 5.43 Å². The van der Waals surface area contributed by atoms with Crippen LogP contribution < -0.4 is 10.7 Å². The van der Waals surface area contributed by atoms with Crippen molar-refractivity contribution in [2.24, 2.45) is 5.41 Å². The molecule has 0 aliphatic carbocycles.